The standard InChI is InChI=1S/C11H15N3O2/c1-14(2)8-10(13-16)11(15)12-9-6-4-3-5-7-9/h3-8,13,16H,1-2H3,(H,12,15)/p+1. The monoisotopic (exact) mass is 222 g/mol. The van der Waals surface area contributed by atoms with Gasteiger partial charge in [-0.1, -0.05) is 18.2 Å². The lowest BCUT2D eigenvalue weighted by molar-refractivity contribution is -0.801. The van der Waals surface area contributed by atoms with E-state index in [1.807, 2.05) is 37.8 Å². The van der Waals surface area contributed by atoms with Crippen LogP contribution in [-0.4, -0.2) is 25.2 Å². The summed E-state index contributed by atoms with van der Waals surface area (Å²) in [6.07, 6.45) is 1.57. The van der Waals surface area contributed by atoms with Gasteiger partial charge >= 0.3 is 0 Å². The van der Waals surface area contributed by atoms with Crippen LogP contribution in [0.25, 0.3) is 0 Å². The number of rotatable bonds is 4. The van der Waals surface area contributed by atoms with Crippen LogP contribution in [0.1, 0.15) is 0 Å². The van der Waals surface area contributed by atoms with Gasteiger partial charge in [0.1, 0.15) is 6.20 Å². The molecule has 0 aliphatic heterocycles. The molecule has 0 unspecified atom stereocenters. The molecule has 0 radical (unpaired) electrons. The lowest BCUT2D eigenvalue weighted by Crippen LogP contribution is -3.00. The molecular formula is C11H16N3O2+. The van der Waals surface area contributed by atoms with E-state index in [1.54, 1.807) is 18.3 Å². The number of benzene rings is 1. The second-order valence-electron chi connectivity index (χ2n) is 3.57. The van der Waals surface area contributed by atoms with Crippen LogP contribution < -0.4 is 15.7 Å². The Morgan fingerprint density at radius 3 is 2.44 bits per heavy atom. The van der Waals surface area contributed by atoms with E-state index in [-0.39, 0.29) is 11.6 Å². The second kappa shape index (κ2) is 5.89. The summed E-state index contributed by atoms with van der Waals surface area (Å²) in [6, 6.07) is 9.05. The second-order valence-corrected chi connectivity index (χ2v) is 3.57. The number of anilines is 1. The van der Waals surface area contributed by atoms with Gasteiger partial charge in [0.2, 0.25) is 0 Å². The molecule has 0 spiro atoms. The maximum atomic E-state index is 11.7. The fourth-order valence-corrected chi connectivity index (χ4v) is 1.16. The van der Waals surface area contributed by atoms with Gasteiger partial charge in [-0.25, -0.2) is 0 Å². The van der Waals surface area contributed by atoms with Gasteiger partial charge in [0.25, 0.3) is 5.91 Å². The predicted molar refractivity (Wildman–Crippen MR) is 60.9 cm³/mol. The summed E-state index contributed by atoms with van der Waals surface area (Å²) in [5.41, 5.74) is 2.68. The van der Waals surface area contributed by atoms with E-state index in [1.165, 1.54) is 0 Å². The minimum atomic E-state index is -0.380. The molecule has 5 heteroatoms. The first kappa shape index (κ1) is 12.2. The van der Waals surface area contributed by atoms with Gasteiger partial charge in [-0.05, 0) is 12.1 Å². The molecule has 86 valence electrons. The normalized spacial score (nSPS) is 11.4. The van der Waals surface area contributed by atoms with Crippen molar-refractivity contribution >= 4 is 11.6 Å². The van der Waals surface area contributed by atoms with Gasteiger partial charge in [-0.3, -0.25) is 15.5 Å². The molecule has 1 aromatic carbocycles. The van der Waals surface area contributed by atoms with Crippen molar-refractivity contribution in [2.24, 2.45) is 0 Å². The Hall–Kier alpha value is -1.85. The highest BCUT2D eigenvalue weighted by atomic mass is 16.5. The molecule has 1 rings (SSSR count). The molecule has 0 heterocycles. The third kappa shape index (κ3) is 3.72. The summed E-state index contributed by atoms with van der Waals surface area (Å²) in [5, 5.41) is 11.5. The molecule has 0 saturated heterocycles. The molecule has 0 saturated carbocycles. The topological polar surface area (TPSA) is 65.8 Å². The largest absolute Gasteiger partial charge is 0.320 e. The number of hydroxylamine groups is 1. The smallest absolute Gasteiger partial charge is 0.279 e. The van der Waals surface area contributed by atoms with E-state index in [4.69, 9.17) is 5.21 Å². The molecule has 1 amide bonds. The molecule has 0 aromatic heterocycles. The van der Waals surface area contributed by atoms with Crippen molar-refractivity contribution in [3.8, 4) is 0 Å². The number of nitrogens with one attached hydrogen (secondary N) is 3. The van der Waals surface area contributed by atoms with Gasteiger partial charge < -0.3 is 10.2 Å². The predicted octanol–water partition coefficient (Wildman–Crippen LogP) is -0.410. The van der Waals surface area contributed by atoms with Crippen molar-refractivity contribution in [3.05, 3.63) is 42.2 Å². The van der Waals surface area contributed by atoms with E-state index < -0.39 is 0 Å². The van der Waals surface area contributed by atoms with E-state index in [0.717, 1.165) is 4.90 Å². The van der Waals surface area contributed by atoms with Crippen LogP contribution in [0.5, 0.6) is 0 Å². The maximum absolute atomic E-state index is 11.7. The van der Waals surface area contributed by atoms with Crippen LogP contribution in [0, 0.1) is 0 Å². The third-order valence-electron chi connectivity index (χ3n) is 1.83. The van der Waals surface area contributed by atoms with Crippen molar-refractivity contribution in [1.82, 2.24) is 5.48 Å². The molecule has 0 aliphatic rings. The highest BCUT2D eigenvalue weighted by molar-refractivity contribution is 6.02. The fraction of sp³-hybridized carbons (Fsp3) is 0.182. The fourth-order valence-electron chi connectivity index (χ4n) is 1.16. The van der Waals surface area contributed by atoms with Gasteiger partial charge in [-0.15, -0.1) is 0 Å². The molecule has 0 atom stereocenters. The summed E-state index contributed by atoms with van der Waals surface area (Å²) < 4.78 is 0. The highest BCUT2D eigenvalue weighted by Gasteiger charge is 2.10. The van der Waals surface area contributed by atoms with Crippen molar-refractivity contribution < 1.29 is 14.9 Å². The van der Waals surface area contributed by atoms with Gasteiger partial charge in [0.15, 0.2) is 5.70 Å². The lowest BCUT2D eigenvalue weighted by Gasteiger charge is -2.08. The molecular weight excluding hydrogens is 206 g/mol. The Labute approximate surface area is 94.3 Å². The minimum absolute atomic E-state index is 0.115. The number of hydrogen-bond donors (Lipinski definition) is 4. The van der Waals surface area contributed by atoms with E-state index in [2.05, 4.69) is 5.32 Å². The third-order valence-corrected chi connectivity index (χ3v) is 1.83. The Bertz CT molecular complexity index is 374. The molecule has 16 heavy (non-hydrogen) atoms. The Morgan fingerprint density at radius 1 is 1.31 bits per heavy atom. The van der Waals surface area contributed by atoms with Gasteiger partial charge in [0.05, 0.1) is 14.1 Å². The number of hydrogen-bond acceptors (Lipinski definition) is 3. The molecule has 0 fully saturated rings. The molecule has 0 bridgehead atoms. The number of carbonyl (C=O) groups excluding carboxylic acids is 1. The van der Waals surface area contributed by atoms with Crippen molar-refractivity contribution in [1.29, 1.82) is 0 Å². The number of para-hydroxylation sites is 1. The molecule has 5 nitrogen and oxygen atoms in total. The summed E-state index contributed by atoms with van der Waals surface area (Å²) in [4.78, 5) is 12.6. The van der Waals surface area contributed by atoms with Crippen molar-refractivity contribution in [2.45, 2.75) is 0 Å². The lowest BCUT2D eigenvalue weighted by atomic mass is 10.3. The number of carbonyl (C=O) groups is 1. The van der Waals surface area contributed by atoms with Crippen LogP contribution in [0.4, 0.5) is 5.69 Å². The zero-order valence-electron chi connectivity index (χ0n) is 9.32. The summed E-state index contributed by atoms with van der Waals surface area (Å²) in [7, 11) is 3.68. The number of quaternary nitrogens is 1. The number of amides is 1. The van der Waals surface area contributed by atoms with E-state index >= 15 is 0 Å². The summed E-state index contributed by atoms with van der Waals surface area (Å²) >= 11 is 0. The Balaban J connectivity index is 2.71. The van der Waals surface area contributed by atoms with Crippen LogP contribution in [-0.2, 0) is 4.79 Å². The maximum Gasteiger partial charge on any atom is 0.279 e. The van der Waals surface area contributed by atoms with E-state index in [0.29, 0.717) is 5.69 Å². The minimum Gasteiger partial charge on any atom is -0.320 e. The van der Waals surface area contributed by atoms with Crippen LogP contribution in [0.15, 0.2) is 42.2 Å². The first-order valence-corrected chi connectivity index (χ1v) is 4.92. The first-order valence-electron chi connectivity index (χ1n) is 4.92. The zero-order valence-corrected chi connectivity index (χ0v) is 9.32. The van der Waals surface area contributed by atoms with Crippen LogP contribution in [0.2, 0.25) is 0 Å². The summed E-state index contributed by atoms with van der Waals surface area (Å²) in [5.74, 6) is -0.380. The molecule has 4 N–H and O–H groups in total. The SMILES string of the molecule is C[NH+](C)C=C(NO)C(=O)Nc1ccccc1. The van der Waals surface area contributed by atoms with Crippen molar-refractivity contribution in [3.63, 3.8) is 0 Å². The van der Waals surface area contributed by atoms with Crippen LogP contribution >= 0.6 is 0 Å². The first-order chi connectivity index (χ1) is 7.63. The van der Waals surface area contributed by atoms with E-state index in [9.17, 15) is 4.79 Å². The average molecular weight is 222 g/mol. The van der Waals surface area contributed by atoms with Gasteiger partial charge in [0, 0.05) is 5.69 Å². The molecule has 1 aromatic rings. The van der Waals surface area contributed by atoms with Crippen molar-refractivity contribution in [2.75, 3.05) is 19.4 Å². The Morgan fingerprint density at radius 2 is 1.94 bits per heavy atom. The zero-order chi connectivity index (χ0) is 12.0. The highest BCUT2D eigenvalue weighted by Crippen LogP contribution is 2.05. The quantitative estimate of drug-likeness (QED) is 0.413. The average Bonchev–Trinajstić information content (AvgIpc) is 2.26. The molecule has 0 aliphatic carbocycles. The summed E-state index contributed by atoms with van der Waals surface area (Å²) in [6.45, 7) is 0. The Kier molecular flexibility index (Phi) is 4.50. The van der Waals surface area contributed by atoms with Crippen LogP contribution in [0.3, 0.4) is 0 Å². The van der Waals surface area contributed by atoms with Gasteiger partial charge in [-0.2, -0.15) is 0 Å².